The Morgan fingerprint density at radius 1 is 1.50 bits per heavy atom. The molecule has 0 aromatic carbocycles. The lowest BCUT2D eigenvalue weighted by molar-refractivity contribution is 0.221. The fraction of sp³-hybridized carbons (Fsp3) is 1.00. The van der Waals surface area contributed by atoms with E-state index in [-0.39, 0.29) is 12.1 Å². The van der Waals surface area contributed by atoms with E-state index in [9.17, 15) is 8.42 Å². The zero-order valence-corrected chi connectivity index (χ0v) is 7.88. The molecule has 12 heavy (non-hydrogen) atoms. The van der Waals surface area contributed by atoms with Crippen LogP contribution in [0.5, 0.6) is 0 Å². The van der Waals surface area contributed by atoms with Crippen LogP contribution in [0.25, 0.3) is 0 Å². The summed E-state index contributed by atoms with van der Waals surface area (Å²) in [4.78, 5) is 0. The number of likely N-dealkylation sites (N-methyl/N-ethyl adjacent to an activating group) is 1. The van der Waals surface area contributed by atoms with Crippen LogP contribution in [0, 0.1) is 0 Å². The molecule has 0 spiro atoms. The van der Waals surface area contributed by atoms with Gasteiger partial charge in [0.05, 0.1) is 12.1 Å². The van der Waals surface area contributed by atoms with Gasteiger partial charge in [-0.2, -0.15) is 12.7 Å². The Hall–Kier alpha value is -0.130. The molecule has 0 amide bonds. The number of hydrogen-bond donors (Lipinski definition) is 0. The average molecular weight is 191 g/mol. The molecule has 2 atom stereocenters. The summed E-state index contributed by atoms with van der Waals surface area (Å²) in [5.74, 6) is 0. The van der Waals surface area contributed by atoms with Gasteiger partial charge in [0, 0.05) is 6.54 Å². The van der Waals surface area contributed by atoms with Crippen molar-refractivity contribution in [3.05, 3.63) is 0 Å². The van der Waals surface area contributed by atoms with Crippen LogP contribution < -0.4 is 0 Å². The minimum absolute atomic E-state index is 0.0602. The van der Waals surface area contributed by atoms with Crippen molar-refractivity contribution in [1.82, 2.24) is 4.31 Å². The van der Waals surface area contributed by atoms with Gasteiger partial charge in [0.2, 0.25) is 0 Å². The van der Waals surface area contributed by atoms with Crippen LogP contribution in [-0.2, 0) is 14.5 Å². The topological polar surface area (TPSA) is 46.6 Å². The molecule has 0 radical (unpaired) electrons. The third-order valence-corrected chi connectivity index (χ3v) is 4.23. The molecular formula is C7H13NO3S. The van der Waals surface area contributed by atoms with Crippen molar-refractivity contribution >= 4 is 10.3 Å². The summed E-state index contributed by atoms with van der Waals surface area (Å²) in [5, 5.41) is 0. The maximum Gasteiger partial charge on any atom is 0.339 e. The van der Waals surface area contributed by atoms with Gasteiger partial charge in [-0.1, -0.05) is 6.92 Å². The first-order chi connectivity index (χ1) is 5.65. The molecule has 1 saturated heterocycles. The van der Waals surface area contributed by atoms with E-state index in [1.165, 1.54) is 4.31 Å². The van der Waals surface area contributed by atoms with Crippen molar-refractivity contribution in [1.29, 1.82) is 0 Å². The molecule has 4 nitrogen and oxygen atoms in total. The van der Waals surface area contributed by atoms with Crippen molar-refractivity contribution in [2.24, 2.45) is 0 Å². The fourth-order valence-electron chi connectivity index (χ4n) is 2.12. The summed E-state index contributed by atoms with van der Waals surface area (Å²) in [7, 11) is -3.36. The second-order valence-electron chi connectivity index (χ2n) is 3.29. The molecule has 0 N–H and O–H groups in total. The maximum absolute atomic E-state index is 11.3. The largest absolute Gasteiger partial charge is 0.339 e. The first-order valence-electron chi connectivity index (χ1n) is 4.35. The van der Waals surface area contributed by atoms with Crippen molar-refractivity contribution in [2.75, 3.05) is 6.54 Å². The Labute approximate surface area is 72.8 Å². The van der Waals surface area contributed by atoms with Gasteiger partial charge in [0.15, 0.2) is 0 Å². The fourth-order valence-corrected chi connectivity index (χ4v) is 3.65. The molecule has 2 aliphatic rings. The van der Waals surface area contributed by atoms with Crippen LogP contribution in [0.2, 0.25) is 0 Å². The van der Waals surface area contributed by atoms with Gasteiger partial charge in [-0.05, 0) is 19.3 Å². The first kappa shape index (κ1) is 8.47. The molecule has 0 aromatic rings. The van der Waals surface area contributed by atoms with Crippen molar-refractivity contribution < 1.29 is 12.6 Å². The van der Waals surface area contributed by atoms with E-state index in [1.54, 1.807) is 0 Å². The summed E-state index contributed by atoms with van der Waals surface area (Å²) in [5.41, 5.74) is 0. The van der Waals surface area contributed by atoms with Crippen molar-refractivity contribution in [3.8, 4) is 0 Å². The number of fused-ring (bicyclic) bond motifs is 1. The predicted molar refractivity (Wildman–Crippen MR) is 43.8 cm³/mol. The molecule has 0 bridgehead atoms. The molecule has 70 valence electrons. The van der Waals surface area contributed by atoms with E-state index in [0.29, 0.717) is 6.54 Å². The second kappa shape index (κ2) is 2.68. The van der Waals surface area contributed by atoms with Gasteiger partial charge in [0.25, 0.3) is 0 Å². The SMILES string of the molecule is CCN1[C@H]2CCC[C@H]2OS1(=O)=O. The zero-order chi connectivity index (χ0) is 8.77. The van der Waals surface area contributed by atoms with E-state index < -0.39 is 10.3 Å². The second-order valence-corrected chi connectivity index (χ2v) is 4.81. The highest BCUT2D eigenvalue weighted by Gasteiger charge is 2.47. The van der Waals surface area contributed by atoms with Gasteiger partial charge in [-0.15, -0.1) is 0 Å². The van der Waals surface area contributed by atoms with Gasteiger partial charge in [-0.25, -0.2) is 0 Å². The van der Waals surface area contributed by atoms with Crippen LogP contribution >= 0.6 is 0 Å². The molecule has 0 aromatic heterocycles. The summed E-state index contributed by atoms with van der Waals surface area (Å²) < 4.78 is 29.1. The number of rotatable bonds is 1. The molecule has 1 aliphatic heterocycles. The van der Waals surface area contributed by atoms with Crippen LogP contribution in [0.1, 0.15) is 26.2 Å². The average Bonchev–Trinajstić information content (AvgIpc) is 2.43. The first-order valence-corrected chi connectivity index (χ1v) is 5.71. The Bertz CT molecular complexity index is 274. The quantitative estimate of drug-likeness (QED) is 0.606. The predicted octanol–water partition coefficient (Wildman–Crippen LogP) is 0.504. The van der Waals surface area contributed by atoms with Gasteiger partial charge >= 0.3 is 10.3 Å². The molecule has 1 saturated carbocycles. The smallest absolute Gasteiger partial charge is 0.253 e. The molecule has 2 fully saturated rings. The third kappa shape index (κ3) is 1.08. The van der Waals surface area contributed by atoms with E-state index in [0.717, 1.165) is 19.3 Å². The number of hydrogen-bond acceptors (Lipinski definition) is 3. The molecule has 0 unspecified atom stereocenters. The standard InChI is InChI=1S/C7H13NO3S/c1-2-8-6-4-3-5-7(6)11-12(8,9)10/h6-7H,2-5H2,1H3/t6-,7+/m0/s1. The highest BCUT2D eigenvalue weighted by molar-refractivity contribution is 7.84. The minimum atomic E-state index is -3.36. The number of nitrogens with zero attached hydrogens (tertiary/aromatic N) is 1. The molecular weight excluding hydrogens is 178 g/mol. The van der Waals surface area contributed by atoms with E-state index in [1.807, 2.05) is 6.92 Å². The third-order valence-electron chi connectivity index (χ3n) is 2.63. The van der Waals surface area contributed by atoms with Gasteiger partial charge in [-0.3, -0.25) is 4.18 Å². The monoisotopic (exact) mass is 191 g/mol. The summed E-state index contributed by atoms with van der Waals surface area (Å²) in [6, 6.07) is 0.125. The van der Waals surface area contributed by atoms with E-state index in [2.05, 4.69) is 0 Å². The molecule has 1 aliphatic carbocycles. The van der Waals surface area contributed by atoms with Gasteiger partial charge in [0.1, 0.15) is 0 Å². The lowest BCUT2D eigenvalue weighted by Crippen LogP contribution is -2.33. The zero-order valence-electron chi connectivity index (χ0n) is 7.06. The lowest BCUT2D eigenvalue weighted by atomic mass is 10.2. The highest BCUT2D eigenvalue weighted by Crippen LogP contribution is 2.35. The summed E-state index contributed by atoms with van der Waals surface area (Å²) in [6.45, 7) is 2.38. The van der Waals surface area contributed by atoms with Crippen LogP contribution in [0.3, 0.4) is 0 Å². The minimum Gasteiger partial charge on any atom is -0.253 e. The molecule has 5 heteroatoms. The Balaban J connectivity index is 2.28. The molecule has 1 heterocycles. The summed E-state index contributed by atoms with van der Waals surface area (Å²) >= 11 is 0. The van der Waals surface area contributed by atoms with Gasteiger partial charge < -0.3 is 0 Å². The maximum atomic E-state index is 11.3. The van der Waals surface area contributed by atoms with E-state index in [4.69, 9.17) is 4.18 Å². The van der Waals surface area contributed by atoms with Crippen LogP contribution in [0.15, 0.2) is 0 Å². The van der Waals surface area contributed by atoms with E-state index >= 15 is 0 Å². The van der Waals surface area contributed by atoms with Crippen LogP contribution in [0.4, 0.5) is 0 Å². The molecule has 2 rings (SSSR count). The lowest BCUT2D eigenvalue weighted by Gasteiger charge is -2.15. The van der Waals surface area contributed by atoms with Crippen molar-refractivity contribution in [3.63, 3.8) is 0 Å². The highest BCUT2D eigenvalue weighted by atomic mass is 32.2. The Kier molecular flexibility index (Phi) is 1.89. The Morgan fingerprint density at radius 2 is 2.25 bits per heavy atom. The van der Waals surface area contributed by atoms with Crippen molar-refractivity contribution in [2.45, 2.75) is 38.3 Å². The van der Waals surface area contributed by atoms with Crippen LogP contribution in [-0.4, -0.2) is 31.4 Å². The Morgan fingerprint density at radius 3 is 2.92 bits per heavy atom. The summed E-state index contributed by atoms with van der Waals surface area (Å²) in [6.07, 6.45) is 2.87. The normalized spacial score (nSPS) is 40.1.